The Hall–Kier alpha value is -2.37. The van der Waals surface area contributed by atoms with Crippen LogP contribution in [0, 0.1) is 6.92 Å². The van der Waals surface area contributed by atoms with Gasteiger partial charge in [-0.05, 0) is 31.9 Å². The van der Waals surface area contributed by atoms with Gasteiger partial charge in [-0.1, -0.05) is 18.2 Å². The Morgan fingerprint density at radius 1 is 1.43 bits per heavy atom. The van der Waals surface area contributed by atoms with E-state index < -0.39 is 0 Å². The van der Waals surface area contributed by atoms with Gasteiger partial charge in [-0.3, -0.25) is 9.89 Å². The fourth-order valence-electron chi connectivity index (χ4n) is 1.94. The average Bonchev–Trinajstić information content (AvgIpc) is 2.99. The number of hydrogen-bond donors (Lipinski definition) is 2. The van der Waals surface area contributed by atoms with Crippen LogP contribution in [0.4, 0.5) is 0 Å². The van der Waals surface area contributed by atoms with Crippen LogP contribution in [0.3, 0.4) is 0 Å². The van der Waals surface area contributed by atoms with Crippen molar-refractivity contribution in [3.8, 4) is 5.75 Å². The van der Waals surface area contributed by atoms with E-state index in [0.29, 0.717) is 25.3 Å². The molecule has 112 valence electrons. The Bertz CT molecular complexity index is 569. The molecule has 1 amide bonds. The number of rotatable bonds is 7. The molecule has 0 radical (unpaired) electrons. The summed E-state index contributed by atoms with van der Waals surface area (Å²) in [7, 11) is 0. The van der Waals surface area contributed by atoms with Crippen LogP contribution in [0.25, 0.3) is 0 Å². The number of aromatic amines is 1. The largest absolute Gasteiger partial charge is 0.493 e. The highest BCUT2D eigenvalue weighted by molar-refractivity contribution is 5.76. The summed E-state index contributed by atoms with van der Waals surface area (Å²) in [4.78, 5) is 15.8. The summed E-state index contributed by atoms with van der Waals surface area (Å²) in [6.45, 7) is 4.39. The maximum Gasteiger partial charge on any atom is 0.220 e. The Morgan fingerprint density at radius 2 is 2.24 bits per heavy atom. The maximum absolute atomic E-state index is 11.8. The molecule has 0 aliphatic heterocycles. The molecule has 2 N–H and O–H groups in total. The Morgan fingerprint density at radius 3 is 2.95 bits per heavy atom. The Labute approximate surface area is 123 Å². The molecule has 2 aromatic rings. The van der Waals surface area contributed by atoms with Crippen LogP contribution < -0.4 is 10.1 Å². The molecule has 6 heteroatoms. The first-order chi connectivity index (χ1) is 10.2. The van der Waals surface area contributed by atoms with E-state index in [1.54, 1.807) is 0 Å². The first-order valence-electron chi connectivity index (χ1n) is 7.00. The van der Waals surface area contributed by atoms with Gasteiger partial charge in [0, 0.05) is 6.42 Å². The fourth-order valence-corrected chi connectivity index (χ4v) is 1.94. The van der Waals surface area contributed by atoms with Gasteiger partial charge in [-0.2, -0.15) is 5.10 Å². The van der Waals surface area contributed by atoms with Crippen LogP contribution in [0.2, 0.25) is 0 Å². The fraction of sp³-hybridized carbons (Fsp3) is 0.400. The van der Waals surface area contributed by atoms with Crippen molar-refractivity contribution in [3.05, 3.63) is 42.0 Å². The molecule has 1 atom stereocenters. The molecule has 6 nitrogen and oxygen atoms in total. The van der Waals surface area contributed by atoms with Crippen molar-refractivity contribution in [2.45, 2.75) is 32.7 Å². The van der Waals surface area contributed by atoms with E-state index in [-0.39, 0.29) is 11.9 Å². The van der Waals surface area contributed by atoms with E-state index in [2.05, 4.69) is 20.5 Å². The van der Waals surface area contributed by atoms with Crippen molar-refractivity contribution < 1.29 is 9.53 Å². The first-order valence-corrected chi connectivity index (χ1v) is 7.00. The number of ether oxygens (including phenoxy) is 1. The zero-order valence-corrected chi connectivity index (χ0v) is 12.3. The number of H-pyrrole nitrogens is 1. The van der Waals surface area contributed by atoms with Gasteiger partial charge in [0.1, 0.15) is 17.9 Å². The number of carbonyl (C=O) groups excluding carboxylic acids is 1. The molecule has 1 aromatic carbocycles. The molecule has 0 aliphatic rings. The van der Waals surface area contributed by atoms with Crippen LogP contribution in [0.1, 0.15) is 37.2 Å². The summed E-state index contributed by atoms with van der Waals surface area (Å²) in [5.74, 6) is 1.50. The number of aromatic nitrogens is 3. The van der Waals surface area contributed by atoms with E-state index in [0.717, 1.165) is 11.3 Å². The lowest BCUT2D eigenvalue weighted by Gasteiger charge is -2.11. The van der Waals surface area contributed by atoms with Crippen molar-refractivity contribution in [2.24, 2.45) is 0 Å². The highest BCUT2D eigenvalue weighted by Gasteiger charge is 2.11. The highest BCUT2D eigenvalue weighted by Crippen LogP contribution is 2.16. The van der Waals surface area contributed by atoms with E-state index in [1.165, 1.54) is 6.33 Å². The van der Waals surface area contributed by atoms with Gasteiger partial charge in [-0.25, -0.2) is 4.98 Å². The SMILES string of the molecule is Cc1ccccc1OCCCC(=O)NC(C)c1ncn[nH]1. The average molecular weight is 288 g/mol. The molecular formula is C15H20N4O2. The zero-order valence-electron chi connectivity index (χ0n) is 12.3. The molecule has 1 heterocycles. The predicted molar refractivity (Wildman–Crippen MR) is 78.8 cm³/mol. The Kier molecular flexibility index (Phi) is 5.31. The molecule has 0 aliphatic carbocycles. The smallest absolute Gasteiger partial charge is 0.220 e. The molecule has 1 aromatic heterocycles. The van der Waals surface area contributed by atoms with Crippen LogP contribution in [0.15, 0.2) is 30.6 Å². The van der Waals surface area contributed by atoms with Gasteiger partial charge in [0.05, 0.1) is 12.6 Å². The molecule has 0 saturated heterocycles. The molecule has 2 rings (SSSR count). The summed E-state index contributed by atoms with van der Waals surface area (Å²) >= 11 is 0. The molecule has 1 unspecified atom stereocenters. The van der Waals surface area contributed by atoms with Crippen molar-refractivity contribution in [1.29, 1.82) is 0 Å². The van der Waals surface area contributed by atoms with E-state index in [1.807, 2.05) is 38.1 Å². The highest BCUT2D eigenvalue weighted by atomic mass is 16.5. The van der Waals surface area contributed by atoms with Crippen LogP contribution in [0.5, 0.6) is 5.75 Å². The van der Waals surface area contributed by atoms with E-state index in [4.69, 9.17) is 4.74 Å². The third kappa shape index (κ3) is 4.59. The number of carbonyl (C=O) groups is 1. The zero-order chi connectivity index (χ0) is 15.1. The predicted octanol–water partition coefficient (Wildman–Crippen LogP) is 2.15. The first kappa shape index (κ1) is 15.0. The summed E-state index contributed by atoms with van der Waals surface area (Å²) in [5, 5.41) is 9.36. The lowest BCUT2D eigenvalue weighted by molar-refractivity contribution is -0.122. The van der Waals surface area contributed by atoms with Gasteiger partial charge in [0.2, 0.25) is 5.91 Å². The summed E-state index contributed by atoms with van der Waals surface area (Å²) in [5.41, 5.74) is 1.10. The summed E-state index contributed by atoms with van der Waals surface area (Å²) < 4.78 is 5.66. The van der Waals surface area contributed by atoms with Gasteiger partial charge >= 0.3 is 0 Å². The number of benzene rings is 1. The Balaban J connectivity index is 1.67. The van der Waals surface area contributed by atoms with Crippen molar-refractivity contribution in [2.75, 3.05) is 6.61 Å². The number of amides is 1. The van der Waals surface area contributed by atoms with Gasteiger partial charge in [-0.15, -0.1) is 0 Å². The number of hydrogen-bond acceptors (Lipinski definition) is 4. The second-order valence-electron chi connectivity index (χ2n) is 4.88. The molecule has 21 heavy (non-hydrogen) atoms. The molecule has 0 saturated carbocycles. The monoisotopic (exact) mass is 288 g/mol. The van der Waals surface area contributed by atoms with Crippen LogP contribution in [-0.2, 0) is 4.79 Å². The number of nitrogens with zero attached hydrogens (tertiary/aromatic N) is 2. The van der Waals surface area contributed by atoms with Gasteiger partial charge in [0.25, 0.3) is 0 Å². The lowest BCUT2D eigenvalue weighted by Crippen LogP contribution is -2.27. The maximum atomic E-state index is 11.8. The van der Waals surface area contributed by atoms with Crippen molar-refractivity contribution in [3.63, 3.8) is 0 Å². The molecule has 0 fully saturated rings. The quantitative estimate of drug-likeness (QED) is 0.765. The molecule has 0 bridgehead atoms. The topological polar surface area (TPSA) is 79.9 Å². The minimum atomic E-state index is -0.169. The van der Waals surface area contributed by atoms with Gasteiger partial charge in [0.15, 0.2) is 0 Å². The molecule has 0 spiro atoms. The second-order valence-corrected chi connectivity index (χ2v) is 4.88. The summed E-state index contributed by atoms with van der Waals surface area (Å²) in [6.07, 6.45) is 2.52. The van der Waals surface area contributed by atoms with Crippen molar-refractivity contribution >= 4 is 5.91 Å². The molecular weight excluding hydrogens is 268 g/mol. The van der Waals surface area contributed by atoms with Gasteiger partial charge < -0.3 is 10.1 Å². The van der Waals surface area contributed by atoms with E-state index in [9.17, 15) is 4.79 Å². The standard InChI is InChI=1S/C15H20N4O2/c1-11-6-3-4-7-13(11)21-9-5-8-14(20)18-12(2)15-16-10-17-19-15/h3-4,6-7,10,12H,5,8-9H2,1-2H3,(H,18,20)(H,16,17,19). The van der Waals surface area contributed by atoms with Crippen LogP contribution >= 0.6 is 0 Å². The minimum Gasteiger partial charge on any atom is -0.493 e. The van der Waals surface area contributed by atoms with Crippen LogP contribution in [-0.4, -0.2) is 27.7 Å². The third-order valence-corrected chi connectivity index (χ3v) is 3.12. The number of nitrogens with one attached hydrogen (secondary N) is 2. The van der Waals surface area contributed by atoms with E-state index >= 15 is 0 Å². The number of aryl methyl sites for hydroxylation is 1. The third-order valence-electron chi connectivity index (χ3n) is 3.12. The summed E-state index contributed by atoms with van der Waals surface area (Å²) in [6, 6.07) is 7.68. The minimum absolute atomic E-state index is 0.0210. The second kappa shape index (κ2) is 7.42. The normalized spacial score (nSPS) is 11.9. The van der Waals surface area contributed by atoms with Crippen molar-refractivity contribution in [1.82, 2.24) is 20.5 Å². The lowest BCUT2D eigenvalue weighted by atomic mass is 10.2. The number of para-hydroxylation sites is 1.